The maximum absolute atomic E-state index is 14.1. The summed E-state index contributed by atoms with van der Waals surface area (Å²) in [5.41, 5.74) is 0.0784. The van der Waals surface area contributed by atoms with Crippen molar-refractivity contribution in [3.05, 3.63) is 101 Å². The third-order valence-corrected chi connectivity index (χ3v) is 7.06. The van der Waals surface area contributed by atoms with Crippen LogP contribution in [0.25, 0.3) is 11.1 Å². The first-order valence-electron chi connectivity index (χ1n) is 13.5. The van der Waals surface area contributed by atoms with Crippen molar-refractivity contribution < 1.29 is 44.7 Å². The van der Waals surface area contributed by atoms with E-state index in [1.807, 2.05) is 0 Å². The van der Waals surface area contributed by atoms with Crippen LogP contribution in [0.1, 0.15) is 47.1 Å². The number of carbonyl (C=O) groups excluding carboxylic acids is 1. The van der Waals surface area contributed by atoms with Crippen LogP contribution in [0.15, 0.2) is 60.8 Å². The molecule has 0 saturated heterocycles. The van der Waals surface area contributed by atoms with Crippen LogP contribution in [-0.2, 0) is 36.8 Å². The van der Waals surface area contributed by atoms with Crippen LogP contribution in [-0.4, -0.2) is 27.0 Å². The fourth-order valence-corrected chi connectivity index (χ4v) is 5.39. The van der Waals surface area contributed by atoms with Crippen LogP contribution in [0.4, 0.5) is 35.1 Å². The average Bonchev–Trinajstić information content (AvgIpc) is 3.30. The van der Waals surface area contributed by atoms with Crippen molar-refractivity contribution in [2.45, 2.75) is 57.2 Å². The van der Waals surface area contributed by atoms with Crippen molar-refractivity contribution in [1.82, 2.24) is 20.1 Å². The van der Waals surface area contributed by atoms with Gasteiger partial charge in [0, 0.05) is 29.1 Å². The Kier molecular flexibility index (Phi) is 8.62. The minimum Gasteiger partial charge on any atom is -0.406 e. The highest BCUT2D eigenvalue weighted by Crippen LogP contribution is 2.36. The number of alkyl halides is 6. The molecule has 1 aliphatic carbocycles. The first-order valence-corrected chi connectivity index (χ1v) is 13.5. The molecule has 6 nitrogen and oxygen atoms in total. The summed E-state index contributed by atoms with van der Waals surface area (Å²) in [5.74, 6) is -3.04. The second kappa shape index (κ2) is 12.2. The van der Waals surface area contributed by atoms with Crippen molar-refractivity contribution in [3.8, 4) is 16.9 Å². The molecule has 14 heteroatoms. The number of halogens is 8. The predicted octanol–water partition coefficient (Wildman–Crippen LogP) is 7.12. The topological polar surface area (TPSA) is 69.0 Å². The molecule has 1 atom stereocenters. The predicted molar refractivity (Wildman–Crippen MR) is 141 cm³/mol. The molecule has 2 aromatic heterocycles. The van der Waals surface area contributed by atoms with Gasteiger partial charge in [0.1, 0.15) is 23.9 Å². The first-order chi connectivity index (χ1) is 20.8. The van der Waals surface area contributed by atoms with Crippen LogP contribution in [0.3, 0.4) is 0 Å². The molecule has 44 heavy (non-hydrogen) atoms. The molecule has 232 valence electrons. The number of nitrogens with one attached hydrogen (secondary N) is 1. The molecule has 0 aliphatic heterocycles. The van der Waals surface area contributed by atoms with Crippen LogP contribution in [0, 0.1) is 11.6 Å². The third-order valence-electron chi connectivity index (χ3n) is 7.06. The van der Waals surface area contributed by atoms with E-state index in [0.717, 1.165) is 28.9 Å². The second-order valence-electron chi connectivity index (χ2n) is 10.3. The Morgan fingerprint density at radius 3 is 2.39 bits per heavy atom. The lowest BCUT2D eigenvalue weighted by molar-refractivity contribution is -0.274. The quantitative estimate of drug-likeness (QED) is 0.212. The smallest absolute Gasteiger partial charge is 0.406 e. The van der Waals surface area contributed by atoms with Crippen LogP contribution < -0.4 is 10.1 Å². The molecule has 0 fully saturated rings. The molecule has 5 rings (SSSR count). The van der Waals surface area contributed by atoms with Crippen LogP contribution >= 0.6 is 0 Å². The molecule has 2 heterocycles. The Labute approximate surface area is 245 Å². The zero-order chi connectivity index (χ0) is 31.6. The van der Waals surface area contributed by atoms with Gasteiger partial charge in [-0.05, 0) is 73.6 Å². The molecule has 1 N–H and O–H groups in total. The highest BCUT2D eigenvalue weighted by molar-refractivity contribution is 5.77. The second-order valence-corrected chi connectivity index (χ2v) is 10.3. The zero-order valence-electron chi connectivity index (χ0n) is 22.8. The lowest BCUT2D eigenvalue weighted by atomic mass is 9.95. The summed E-state index contributed by atoms with van der Waals surface area (Å²) < 4.78 is 113. The van der Waals surface area contributed by atoms with Gasteiger partial charge >= 0.3 is 12.5 Å². The van der Waals surface area contributed by atoms with E-state index in [1.165, 1.54) is 30.5 Å². The molecule has 1 unspecified atom stereocenters. The number of nitrogens with zero attached hydrogens (tertiary/aromatic N) is 3. The molecular weight excluding hydrogens is 600 g/mol. The SMILES string of the molecule is O=C(Cn1nc(C(F)(F)F)c2c1CCCC2)NC(Cc1cc(F)cc(F)c1)c1ncccc1-c1cccc(OC(F)(F)F)c1. The molecule has 2 aromatic carbocycles. The first kappa shape index (κ1) is 31.0. The molecule has 0 spiro atoms. The van der Waals surface area contributed by atoms with Gasteiger partial charge in [0.05, 0.1) is 11.7 Å². The number of hydrogen-bond donors (Lipinski definition) is 1. The van der Waals surface area contributed by atoms with Gasteiger partial charge in [-0.15, -0.1) is 13.2 Å². The zero-order valence-corrected chi connectivity index (χ0v) is 22.8. The Bertz CT molecular complexity index is 1650. The van der Waals surface area contributed by atoms with E-state index >= 15 is 0 Å². The van der Waals surface area contributed by atoms with Gasteiger partial charge in [0.2, 0.25) is 5.91 Å². The summed E-state index contributed by atoms with van der Waals surface area (Å²) in [4.78, 5) is 17.7. The number of ether oxygens (including phenoxy) is 1. The number of rotatable bonds is 8. The van der Waals surface area contributed by atoms with E-state index in [2.05, 4.69) is 20.1 Å². The fourth-order valence-electron chi connectivity index (χ4n) is 5.39. The minimum atomic E-state index is -4.95. The van der Waals surface area contributed by atoms with E-state index < -0.39 is 54.1 Å². The van der Waals surface area contributed by atoms with Crippen LogP contribution in [0.5, 0.6) is 5.75 Å². The Hall–Kier alpha value is -4.49. The van der Waals surface area contributed by atoms with Crippen LogP contribution in [0.2, 0.25) is 0 Å². The van der Waals surface area contributed by atoms with Gasteiger partial charge in [0.15, 0.2) is 5.69 Å². The monoisotopic (exact) mass is 624 g/mol. The lowest BCUT2D eigenvalue weighted by Crippen LogP contribution is -2.34. The van der Waals surface area contributed by atoms with Crippen molar-refractivity contribution in [3.63, 3.8) is 0 Å². The maximum atomic E-state index is 14.1. The van der Waals surface area contributed by atoms with E-state index in [1.54, 1.807) is 0 Å². The summed E-state index contributed by atoms with van der Waals surface area (Å²) in [5, 5.41) is 6.39. The number of hydrogen-bond acceptors (Lipinski definition) is 4. The number of fused-ring (bicyclic) bond motifs is 1. The van der Waals surface area contributed by atoms with Gasteiger partial charge < -0.3 is 10.1 Å². The van der Waals surface area contributed by atoms with Gasteiger partial charge in [-0.25, -0.2) is 8.78 Å². The van der Waals surface area contributed by atoms with E-state index in [4.69, 9.17) is 0 Å². The number of benzene rings is 2. The molecule has 1 amide bonds. The summed E-state index contributed by atoms with van der Waals surface area (Å²) >= 11 is 0. The van der Waals surface area contributed by atoms with Crippen molar-refractivity contribution in [2.24, 2.45) is 0 Å². The molecule has 0 bridgehead atoms. The van der Waals surface area contributed by atoms with Crippen molar-refractivity contribution >= 4 is 5.91 Å². The Balaban J connectivity index is 1.50. The van der Waals surface area contributed by atoms with E-state index in [-0.39, 0.29) is 40.8 Å². The molecule has 0 saturated carbocycles. The average molecular weight is 625 g/mol. The number of amides is 1. The summed E-state index contributed by atoms with van der Waals surface area (Å²) in [6, 6.07) is 9.69. The minimum absolute atomic E-state index is 0.0521. The van der Waals surface area contributed by atoms with E-state index in [9.17, 15) is 39.9 Å². The summed E-state index contributed by atoms with van der Waals surface area (Å²) in [6.07, 6.45) is -6.86. The third kappa shape index (κ3) is 7.34. The number of aromatic nitrogens is 3. The van der Waals surface area contributed by atoms with Gasteiger partial charge in [0.25, 0.3) is 0 Å². The number of pyridine rings is 1. The number of carbonyl (C=O) groups is 1. The fraction of sp³-hybridized carbons (Fsp3) is 0.300. The van der Waals surface area contributed by atoms with Gasteiger partial charge in [-0.1, -0.05) is 18.2 Å². The highest BCUT2D eigenvalue weighted by atomic mass is 19.4. The lowest BCUT2D eigenvalue weighted by Gasteiger charge is -2.22. The standard InChI is InChI=1S/C30H24F8N4O2/c31-19-11-17(12-20(32)15-19)13-24(27-22(8-4-10-39-27)18-5-3-6-21(14-18)44-30(36,37)38)40-26(43)16-42-25-9-2-1-7-23(25)28(41-42)29(33,34)35/h3-6,8,10-12,14-15,24H,1-2,7,9,13,16H2,(H,40,43). The van der Waals surface area contributed by atoms with Gasteiger partial charge in [-0.3, -0.25) is 14.5 Å². The van der Waals surface area contributed by atoms with Gasteiger partial charge in [-0.2, -0.15) is 18.3 Å². The largest absolute Gasteiger partial charge is 0.573 e. The highest BCUT2D eigenvalue weighted by Gasteiger charge is 2.40. The summed E-state index contributed by atoms with van der Waals surface area (Å²) in [6.45, 7) is -0.580. The van der Waals surface area contributed by atoms with Crippen molar-refractivity contribution in [1.29, 1.82) is 0 Å². The normalized spacial score (nSPS) is 14.2. The maximum Gasteiger partial charge on any atom is 0.573 e. The Morgan fingerprint density at radius 2 is 1.68 bits per heavy atom. The van der Waals surface area contributed by atoms with Crippen molar-refractivity contribution in [2.75, 3.05) is 0 Å². The van der Waals surface area contributed by atoms with E-state index in [0.29, 0.717) is 31.0 Å². The summed E-state index contributed by atoms with van der Waals surface area (Å²) in [7, 11) is 0. The molecule has 0 radical (unpaired) electrons. The molecular formula is C30H24F8N4O2. The molecule has 1 aliphatic rings. The molecule has 4 aromatic rings. The Morgan fingerprint density at radius 1 is 0.955 bits per heavy atom.